The van der Waals surface area contributed by atoms with E-state index in [4.69, 9.17) is 5.73 Å². The molecular formula is C15H22N4. The lowest BCUT2D eigenvalue weighted by Gasteiger charge is -2.09. The van der Waals surface area contributed by atoms with E-state index >= 15 is 0 Å². The number of nitrogens with two attached hydrogens (primary N) is 1. The molecular weight excluding hydrogens is 236 g/mol. The first kappa shape index (κ1) is 12.5. The fraction of sp³-hybridized carbons (Fsp3) is 0.533. The third-order valence-corrected chi connectivity index (χ3v) is 3.90. The summed E-state index contributed by atoms with van der Waals surface area (Å²) in [6.07, 6.45) is 11.9. The zero-order chi connectivity index (χ0) is 13.2. The number of aromatic nitrogens is 3. The molecule has 2 aromatic rings. The summed E-state index contributed by atoms with van der Waals surface area (Å²) in [6.45, 7) is 4.09. The summed E-state index contributed by atoms with van der Waals surface area (Å²) in [5.74, 6) is 0.710. The number of hydrogen-bond donors (Lipinski definition) is 1. The lowest BCUT2D eigenvalue weighted by Crippen LogP contribution is -2.11. The largest absolute Gasteiger partial charge is 0.348 e. The van der Waals surface area contributed by atoms with E-state index in [1.807, 2.05) is 12.5 Å². The van der Waals surface area contributed by atoms with Crippen LogP contribution in [0.3, 0.4) is 0 Å². The van der Waals surface area contributed by atoms with Crippen molar-refractivity contribution in [1.29, 1.82) is 0 Å². The van der Waals surface area contributed by atoms with Crippen molar-refractivity contribution in [3.8, 4) is 0 Å². The van der Waals surface area contributed by atoms with E-state index in [9.17, 15) is 0 Å². The maximum Gasteiger partial charge on any atom is 0.0948 e. The van der Waals surface area contributed by atoms with E-state index in [1.165, 1.54) is 24.1 Å². The minimum absolute atomic E-state index is 0.224. The Morgan fingerprint density at radius 1 is 1.47 bits per heavy atom. The second kappa shape index (κ2) is 5.21. The molecule has 2 aromatic heterocycles. The topological polar surface area (TPSA) is 48.8 Å². The lowest BCUT2D eigenvalue weighted by atomic mass is 10.1. The number of rotatable bonds is 6. The number of imidazole rings is 1. The fourth-order valence-electron chi connectivity index (χ4n) is 2.59. The molecule has 0 aliphatic heterocycles. The summed E-state index contributed by atoms with van der Waals surface area (Å²) < 4.78 is 4.43. The molecule has 1 saturated carbocycles. The minimum atomic E-state index is 0.224. The highest BCUT2D eigenvalue weighted by atomic mass is 15.1. The highest BCUT2D eigenvalue weighted by Gasteiger charge is 2.29. The van der Waals surface area contributed by atoms with Crippen molar-refractivity contribution in [3.05, 3.63) is 42.2 Å². The lowest BCUT2D eigenvalue weighted by molar-refractivity contribution is 0.616. The quantitative estimate of drug-likeness (QED) is 0.865. The molecule has 3 rings (SSSR count). The van der Waals surface area contributed by atoms with E-state index in [0.29, 0.717) is 5.92 Å². The molecule has 0 spiro atoms. The van der Waals surface area contributed by atoms with Crippen LogP contribution >= 0.6 is 0 Å². The minimum Gasteiger partial charge on any atom is -0.348 e. The second-order valence-electron chi connectivity index (χ2n) is 5.56. The molecule has 4 nitrogen and oxygen atoms in total. The third kappa shape index (κ3) is 2.73. The molecule has 19 heavy (non-hydrogen) atoms. The summed E-state index contributed by atoms with van der Waals surface area (Å²) in [4.78, 5) is 4.24. The predicted octanol–water partition coefficient (Wildman–Crippen LogP) is 2.55. The van der Waals surface area contributed by atoms with Gasteiger partial charge in [0.25, 0.3) is 0 Å². The molecule has 1 fully saturated rings. The van der Waals surface area contributed by atoms with Gasteiger partial charge in [0.2, 0.25) is 0 Å². The molecule has 2 N–H and O–H groups in total. The van der Waals surface area contributed by atoms with Gasteiger partial charge in [-0.15, -0.1) is 0 Å². The van der Waals surface area contributed by atoms with Gasteiger partial charge < -0.3 is 14.9 Å². The molecule has 1 aliphatic rings. The van der Waals surface area contributed by atoms with Crippen LogP contribution in [0.5, 0.6) is 0 Å². The molecule has 1 unspecified atom stereocenters. The number of aryl methyl sites for hydroxylation is 1. The summed E-state index contributed by atoms with van der Waals surface area (Å²) in [7, 11) is 0. The van der Waals surface area contributed by atoms with Crippen LogP contribution in [-0.4, -0.2) is 14.1 Å². The van der Waals surface area contributed by atoms with Gasteiger partial charge in [0, 0.05) is 31.2 Å². The van der Waals surface area contributed by atoms with Crippen LogP contribution < -0.4 is 5.73 Å². The van der Waals surface area contributed by atoms with E-state index in [1.54, 1.807) is 0 Å². The monoisotopic (exact) mass is 258 g/mol. The molecule has 0 radical (unpaired) electrons. The van der Waals surface area contributed by atoms with Gasteiger partial charge in [-0.25, -0.2) is 4.98 Å². The van der Waals surface area contributed by atoms with Crippen LogP contribution in [0.1, 0.15) is 43.5 Å². The molecule has 1 aliphatic carbocycles. The molecule has 0 bridgehead atoms. The van der Waals surface area contributed by atoms with Crippen molar-refractivity contribution < 1.29 is 0 Å². The molecule has 0 saturated heterocycles. The van der Waals surface area contributed by atoms with E-state index in [2.05, 4.69) is 39.5 Å². The van der Waals surface area contributed by atoms with Gasteiger partial charge in [-0.1, -0.05) is 6.92 Å². The van der Waals surface area contributed by atoms with Crippen molar-refractivity contribution in [2.24, 2.45) is 11.7 Å². The van der Waals surface area contributed by atoms with Crippen LogP contribution in [0.2, 0.25) is 0 Å². The van der Waals surface area contributed by atoms with Gasteiger partial charge in [0.15, 0.2) is 0 Å². The zero-order valence-corrected chi connectivity index (χ0v) is 11.5. The fourth-order valence-corrected chi connectivity index (χ4v) is 2.59. The van der Waals surface area contributed by atoms with Gasteiger partial charge in [-0.3, -0.25) is 0 Å². The zero-order valence-electron chi connectivity index (χ0n) is 11.5. The first-order chi connectivity index (χ1) is 9.28. The number of nitrogens with zero attached hydrogens (tertiary/aromatic N) is 3. The molecule has 1 atom stereocenters. The Bertz CT molecular complexity index is 536. The Hall–Kier alpha value is -1.55. The smallest absolute Gasteiger partial charge is 0.0948 e. The average Bonchev–Trinajstić information content (AvgIpc) is 3.01. The van der Waals surface area contributed by atoms with Crippen molar-refractivity contribution in [3.63, 3.8) is 0 Å². The normalized spacial score (nSPS) is 16.7. The summed E-state index contributed by atoms with van der Waals surface area (Å²) >= 11 is 0. The van der Waals surface area contributed by atoms with Crippen molar-refractivity contribution in [2.75, 3.05) is 0 Å². The van der Waals surface area contributed by atoms with E-state index in [0.717, 1.165) is 19.5 Å². The average molecular weight is 258 g/mol. The van der Waals surface area contributed by atoms with Crippen molar-refractivity contribution >= 4 is 0 Å². The third-order valence-electron chi connectivity index (χ3n) is 3.90. The van der Waals surface area contributed by atoms with Crippen LogP contribution in [0.15, 0.2) is 31.0 Å². The molecule has 4 heteroatoms. The van der Waals surface area contributed by atoms with Gasteiger partial charge in [0.05, 0.1) is 18.6 Å². The Kier molecular flexibility index (Phi) is 3.42. The molecule has 0 amide bonds. The van der Waals surface area contributed by atoms with Gasteiger partial charge >= 0.3 is 0 Å². The van der Waals surface area contributed by atoms with Crippen LogP contribution in [0, 0.1) is 5.92 Å². The van der Waals surface area contributed by atoms with Crippen molar-refractivity contribution in [2.45, 2.75) is 45.3 Å². The maximum atomic E-state index is 6.23. The van der Waals surface area contributed by atoms with Crippen LogP contribution in [0.4, 0.5) is 0 Å². The molecule has 2 heterocycles. The summed E-state index contributed by atoms with van der Waals surface area (Å²) in [5.41, 5.74) is 8.76. The standard InChI is InChI=1S/C15H22N4/c1-2-6-19-11-17-8-14(19)10-18-7-5-13(9-18)15(16)12-3-4-12/h5,7-9,11-12,15H,2-4,6,10,16H2,1H3. The second-order valence-corrected chi connectivity index (χ2v) is 5.56. The van der Waals surface area contributed by atoms with E-state index < -0.39 is 0 Å². The van der Waals surface area contributed by atoms with Gasteiger partial charge in [-0.2, -0.15) is 0 Å². The highest BCUT2D eigenvalue weighted by Crippen LogP contribution is 2.39. The molecule has 0 aromatic carbocycles. The predicted molar refractivity (Wildman–Crippen MR) is 75.7 cm³/mol. The first-order valence-corrected chi connectivity index (χ1v) is 7.18. The maximum absolute atomic E-state index is 6.23. The van der Waals surface area contributed by atoms with Crippen molar-refractivity contribution in [1.82, 2.24) is 14.1 Å². The number of hydrogen-bond acceptors (Lipinski definition) is 2. The van der Waals surface area contributed by atoms with E-state index in [-0.39, 0.29) is 6.04 Å². The van der Waals surface area contributed by atoms with Crippen LogP contribution in [-0.2, 0) is 13.1 Å². The Morgan fingerprint density at radius 3 is 3.05 bits per heavy atom. The van der Waals surface area contributed by atoms with Crippen LogP contribution in [0.25, 0.3) is 0 Å². The van der Waals surface area contributed by atoms with Gasteiger partial charge in [0.1, 0.15) is 0 Å². The first-order valence-electron chi connectivity index (χ1n) is 7.18. The highest BCUT2D eigenvalue weighted by molar-refractivity contribution is 5.18. The Balaban J connectivity index is 1.70. The summed E-state index contributed by atoms with van der Waals surface area (Å²) in [6, 6.07) is 2.38. The molecule has 102 valence electrons. The van der Waals surface area contributed by atoms with Gasteiger partial charge in [-0.05, 0) is 36.8 Å². The Labute approximate surface area is 114 Å². The SMILES string of the molecule is CCCn1cncc1Cn1ccc(C(N)C2CC2)c1. The summed E-state index contributed by atoms with van der Waals surface area (Å²) in [5, 5.41) is 0. The Morgan fingerprint density at radius 2 is 2.32 bits per heavy atom.